The maximum Gasteiger partial charge on any atom is 0.264 e. The number of carbonyl (C=O) groups excluding carboxylic acids is 1. The molecule has 0 radical (unpaired) electrons. The molecule has 1 atom stereocenters. The Morgan fingerprint density at radius 2 is 1.59 bits per heavy atom. The Kier molecular flexibility index (Phi) is 8.28. The molecule has 0 aromatic heterocycles. The van der Waals surface area contributed by atoms with Crippen LogP contribution in [0.5, 0.6) is 5.75 Å². The molecule has 1 amide bonds. The fourth-order valence-corrected chi connectivity index (χ4v) is 4.94. The minimum atomic E-state index is -4.14. The Morgan fingerprint density at radius 3 is 2.15 bits per heavy atom. The largest absolute Gasteiger partial charge is 0.494 e. The summed E-state index contributed by atoms with van der Waals surface area (Å²) in [7, 11) is -4.14. The Bertz CT molecular complexity index is 1200. The number of aryl methyl sites for hydroxylation is 1. The first-order valence-electron chi connectivity index (χ1n) is 11.1. The van der Waals surface area contributed by atoms with Gasteiger partial charge in [0.05, 0.1) is 23.2 Å². The normalized spacial score (nSPS) is 12.1. The predicted molar refractivity (Wildman–Crippen MR) is 131 cm³/mol. The van der Waals surface area contributed by atoms with Crippen LogP contribution in [0.1, 0.15) is 37.4 Å². The Labute approximate surface area is 200 Å². The van der Waals surface area contributed by atoms with Crippen molar-refractivity contribution in [3.63, 3.8) is 0 Å². The fourth-order valence-electron chi connectivity index (χ4n) is 3.51. The second-order valence-electron chi connectivity index (χ2n) is 7.83. The standard InChI is InChI=1S/C26H29FN2O4S/c1-4-25(20-8-6-19(3)7-9-20)28-26(30)18-29(22-12-14-23(15-13-22)33-5-2)34(31,32)24-16-10-21(27)11-17-24/h6-17,25H,4-5,18H2,1-3H3,(H,28,30)/t25-/m0/s1. The van der Waals surface area contributed by atoms with E-state index in [0.29, 0.717) is 24.5 Å². The van der Waals surface area contributed by atoms with Crippen molar-refractivity contribution in [2.45, 2.75) is 38.1 Å². The molecule has 0 aliphatic carbocycles. The molecule has 180 valence electrons. The van der Waals surface area contributed by atoms with Gasteiger partial charge in [-0.15, -0.1) is 0 Å². The van der Waals surface area contributed by atoms with Gasteiger partial charge in [0.2, 0.25) is 5.91 Å². The lowest BCUT2D eigenvalue weighted by Crippen LogP contribution is -2.42. The summed E-state index contributed by atoms with van der Waals surface area (Å²) >= 11 is 0. The molecule has 0 saturated carbocycles. The van der Waals surface area contributed by atoms with Crippen LogP contribution in [0.25, 0.3) is 0 Å². The van der Waals surface area contributed by atoms with Crippen LogP contribution in [0, 0.1) is 12.7 Å². The Morgan fingerprint density at radius 1 is 0.971 bits per heavy atom. The van der Waals surface area contributed by atoms with E-state index >= 15 is 0 Å². The SMILES string of the molecule is CCOc1ccc(N(CC(=O)N[C@@H](CC)c2ccc(C)cc2)S(=O)(=O)c2ccc(F)cc2)cc1. The summed E-state index contributed by atoms with van der Waals surface area (Å²) in [6.45, 7) is 5.82. The third-order valence-electron chi connectivity index (χ3n) is 5.35. The summed E-state index contributed by atoms with van der Waals surface area (Å²) in [5, 5.41) is 2.94. The zero-order valence-electron chi connectivity index (χ0n) is 19.5. The topological polar surface area (TPSA) is 75.7 Å². The Hall–Kier alpha value is -3.39. The lowest BCUT2D eigenvalue weighted by Gasteiger charge is -2.26. The molecular weight excluding hydrogens is 455 g/mol. The number of nitrogens with one attached hydrogen (secondary N) is 1. The summed E-state index contributed by atoms with van der Waals surface area (Å²) in [5.41, 5.74) is 2.35. The molecule has 3 aromatic carbocycles. The summed E-state index contributed by atoms with van der Waals surface area (Å²) in [6, 6.07) is 18.5. The molecule has 8 heteroatoms. The van der Waals surface area contributed by atoms with Gasteiger partial charge in [-0.25, -0.2) is 12.8 Å². The highest BCUT2D eigenvalue weighted by atomic mass is 32.2. The van der Waals surface area contributed by atoms with Gasteiger partial charge in [-0.3, -0.25) is 9.10 Å². The van der Waals surface area contributed by atoms with Crippen LogP contribution >= 0.6 is 0 Å². The number of hydrogen-bond donors (Lipinski definition) is 1. The number of sulfonamides is 1. The second kappa shape index (κ2) is 11.2. The Balaban J connectivity index is 1.90. The average Bonchev–Trinajstić information content (AvgIpc) is 2.83. The predicted octanol–water partition coefficient (Wildman–Crippen LogP) is 5.00. The number of rotatable bonds is 10. The zero-order chi connectivity index (χ0) is 24.7. The molecule has 6 nitrogen and oxygen atoms in total. The first-order valence-corrected chi connectivity index (χ1v) is 12.6. The van der Waals surface area contributed by atoms with Crippen molar-refractivity contribution in [3.8, 4) is 5.75 Å². The van der Waals surface area contributed by atoms with Crippen molar-refractivity contribution < 1.29 is 22.3 Å². The van der Waals surface area contributed by atoms with Crippen LogP contribution in [-0.2, 0) is 14.8 Å². The van der Waals surface area contributed by atoms with E-state index in [1.807, 2.05) is 45.0 Å². The van der Waals surface area contributed by atoms with Crippen LogP contribution in [0.4, 0.5) is 10.1 Å². The number of hydrogen-bond acceptors (Lipinski definition) is 4. The van der Waals surface area contributed by atoms with Gasteiger partial charge in [-0.05, 0) is 74.4 Å². The van der Waals surface area contributed by atoms with Crippen molar-refractivity contribution >= 4 is 21.6 Å². The molecule has 1 N–H and O–H groups in total. The molecule has 0 heterocycles. The zero-order valence-corrected chi connectivity index (χ0v) is 20.3. The van der Waals surface area contributed by atoms with Gasteiger partial charge in [0.15, 0.2) is 0 Å². The van der Waals surface area contributed by atoms with Gasteiger partial charge >= 0.3 is 0 Å². The number of nitrogens with zero attached hydrogens (tertiary/aromatic N) is 1. The number of halogens is 1. The summed E-state index contributed by atoms with van der Waals surface area (Å²) < 4.78 is 46.8. The van der Waals surface area contributed by atoms with Gasteiger partial charge in [0.1, 0.15) is 18.1 Å². The van der Waals surface area contributed by atoms with E-state index in [9.17, 15) is 17.6 Å². The maximum atomic E-state index is 13.4. The number of carbonyl (C=O) groups is 1. The highest BCUT2D eigenvalue weighted by Crippen LogP contribution is 2.26. The van der Waals surface area contributed by atoms with E-state index in [1.165, 1.54) is 12.1 Å². The first-order chi connectivity index (χ1) is 16.2. The molecule has 0 spiro atoms. The highest BCUT2D eigenvalue weighted by Gasteiger charge is 2.28. The number of amides is 1. The molecule has 0 bridgehead atoms. The molecule has 34 heavy (non-hydrogen) atoms. The molecule has 0 aliphatic rings. The summed E-state index contributed by atoms with van der Waals surface area (Å²) in [5.74, 6) is -0.416. The van der Waals surface area contributed by atoms with Gasteiger partial charge in [-0.1, -0.05) is 36.8 Å². The van der Waals surface area contributed by atoms with E-state index in [-0.39, 0.29) is 10.9 Å². The average molecular weight is 485 g/mol. The quantitative estimate of drug-likeness (QED) is 0.440. The van der Waals surface area contributed by atoms with Crippen molar-refractivity contribution in [1.29, 1.82) is 0 Å². The maximum absolute atomic E-state index is 13.4. The second-order valence-corrected chi connectivity index (χ2v) is 9.69. The van der Waals surface area contributed by atoms with Crippen LogP contribution in [-0.4, -0.2) is 27.5 Å². The third-order valence-corrected chi connectivity index (χ3v) is 7.14. The van der Waals surface area contributed by atoms with E-state index in [1.54, 1.807) is 24.3 Å². The van der Waals surface area contributed by atoms with Crippen LogP contribution in [0.3, 0.4) is 0 Å². The number of ether oxygens (including phenoxy) is 1. The monoisotopic (exact) mass is 484 g/mol. The van der Waals surface area contributed by atoms with Crippen molar-refractivity contribution in [3.05, 3.63) is 89.7 Å². The smallest absolute Gasteiger partial charge is 0.264 e. The number of anilines is 1. The van der Waals surface area contributed by atoms with Crippen molar-refractivity contribution in [2.75, 3.05) is 17.5 Å². The molecule has 3 rings (SSSR count). The molecule has 3 aromatic rings. The van der Waals surface area contributed by atoms with Crippen molar-refractivity contribution in [2.24, 2.45) is 0 Å². The lowest BCUT2D eigenvalue weighted by atomic mass is 10.0. The van der Waals surface area contributed by atoms with Gasteiger partial charge < -0.3 is 10.1 Å². The van der Waals surface area contributed by atoms with Crippen LogP contribution in [0.15, 0.2) is 77.7 Å². The first kappa shape index (κ1) is 25.2. The minimum Gasteiger partial charge on any atom is -0.494 e. The van der Waals surface area contributed by atoms with Gasteiger partial charge in [-0.2, -0.15) is 0 Å². The molecule has 0 fully saturated rings. The van der Waals surface area contributed by atoms with Crippen LogP contribution in [0.2, 0.25) is 0 Å². The van der Waals surface area contributed by atoms with Crippen LogP contribution < -0.4 is 14.4 Å². The highest BCUT2D eigenvalue weighted by molar-refractivity contribution is 7.92. The lowest BCUT2D eigenvalue weighted by molar-refractivity contribution is -0.120. The van der Waals surface area contributed by atoms with Gasteiger partial charge in [0.25, 0.3) is 10.0 Å². The fraction of sp³-hybridized carbons (Fsp3) is 0.269. The molecule has 0 aliphatic heterocycles. The number of benzene rings is 3. The third kappa shape index (κ3) is 6.14. The summed E-state index contributed by atoms with van der Waals surface area (Å²) in [4.78, 5) is 12.9. The minimum absolute atomic E-state index is 0.110. The molecule has 0 saturated heterocycles. The van der Waals surface area contributed by atoms with Gasteiger partial charge in [0, 0.05) is 0 Å². The van der Waals surface area contributed by atoms with Crippen molar-refractivity contribution in [1.82, 2.24) is 5.32 Å². The summed E-state index contributed by atoms with van der Waals surface area (Å²) in [6.07, 6.45) is 0.641. The molecular formula is C26H29FN2O4S. The molecule has 0 unspecified atom stereocenters. The van der Waals surface area contributed by atoms with E-state index in [0.717, 1.165) is 27.6 Å². The van der Waals surface area contributed by atoms with E-state index < -0.39 is 28.3 Å². The van der Waals surface area contributed by atoms with E-state index in [2.05, 4.69) is 5.32 Å². The van der Waals surface area contributed by atoms with E-state index in [4.69, 9.17) is 4.74 Å².